The highest BCUT2D eigenvalue weighted by atomic mass is 16.5. The van der Waals surface area contributed by atoms with Crippen molar-refractivity contribution in [2.24, 2.45) is 0 Å². The lowest BCUT2D eigenvalue weighted by atomic mass is 10.00. The minimum Gasteiger partial charge on any atom is -0.493 e. The molecule has 13 heavy (non-hydrogen) atoms. The largest absolute Gasteiger partial charge is 0.493 e. The molecule has 0 saturated heterocycles. The van der Waals surface area contributed by atoms with Gasteiger partial charge in [-0.1, -0.05) is 33.4 Å². The predicted octanol–water partition coefficient (Wildman–Crippen LogP) is 3.38. The second-order valence-corrected chi connectivity index (χ2v) is 3.62. The average Bonchev–Trinajstić information content (AvgIpc) is 2.49. The van der Waals surface area contributed by atoms with Crippen molar-refractivity contribution in [2.75, 3.05) is 6.61 Å². The maximum absolute atomic E-state index is 5.43. The minimum atomic E-state index is 0. The molecule has 1 aromatic carbocycles. The van der Waals surface area contributed by atoms with Gasteiger partial charge in [-0.15, -0.1) is 0 Å². The van der Waals surface area contributed by atoms with Gasteiger partial charge in [0.25, 0.3) is 0 Å². The Kier molecular flexibility index (Phi) is 2.97. The van der Waals surface area contributed by atoms with Crippen LogP contribution >= 0.6 is 0 Å². The third-order valence-electron chi connectivity index (χ3n) is 2.38. The zero-order chi connectivity index (χ0) is 8.55. The van der Waals surface area contributed by atoms with Gasteiger partial charge in [0.05, 0.1) is 6.61 Å². The highest BCUT2D eigenvalue weighted by molar-refractivity contribution is 5.40. The van der Waals surface area contributed by atoms with E-state index in [2.05, 4.69) is 32.0 Å². The van der Waals surface area contributed by atoms with Crippen molar-refractivity contribution >= 4 is 0 Å². The molecule has 1 nitrogen and oxygen atoms in total. The van der Waals surface area contributed by atoms with Crippen molar-refractivity contribution in [2.45, 2.75) is 33.6 Å². The first-order valence-corrected chi connectivity index (χ1v) is 4.53. The topological polar surface area (TPSA) is 9.23 Å². The Morgan fingerprint density at radius 1 is 1.31 bits per heavy atom. The van der Waals surface area contributed by atoms with Gasteiger partial charge in [-0.3, -0.25) is 0 Å². The molecule has 1 aliphatic rings. The lowest BCUT2D eigenvalue weighted by Gasteiger charge is -2.06. The van der Waals surface area contributed by atoms with E-state index in [0.29, 0.717) is 5.92 Å². The molecule has 1 heterocycles. The van der Waals surface area contributed by atoms with Crippen molar-refractivity contribution in [1.82, 2.24) is 0 Å². The van der Waals surface area contributed by atoms with Gasteiger partial charge in [0.1, 0.15) is 5.75 Å². The van der Waals surface area contributed by atoms with Crippen LogP contribution in [-0.2, 0) is 6.42 Å². The maximum atomic E-state index is 5.43. The molecule has 72 valence electrons. The zero-order valence-electron chi connectivity index (χ0n) is 7.63. The molecule has 0 atom stereocenters. The number of benzene rings is 1. The van der Waals surface area contributed by atoms with E-state index in [1.54, 1.807) is 0 Å². The summed E-state index contributed by atoms with van der Waals surface area (Å²) in [5.41, 5.74) is 2.79. The van der Waals surface area contributed by atoms with Gasteiger partial charge in [-0.05, 0) is 23.1 Å². The van der Waals surface area contributed by atoms with E-state index in [-0.39, 0.29) is 7.43 Å². The number of ether oxygens (including phenoxy) is 1. The van der Waals surface area contributed by atoms with Crippen molar-refractivity contribution < 1.29 is 4.74 Å². The van der Waals surface area contributed by atoms with Crippen LogP contribution in [0.15, 0.2) is 18.2 Å². The van der Waals surface area contributed by atoms with Gasteiger partial charge >= 0.3 is 0 Å². The van der Waals surface area contributed by atoms with Crippen LogP contribution in [0.25, 0.3) is 0 Å². The summed E-state index contributed by atoms with van der Waals surface area (Å²) in [5, 5.41) is 0. The van der Waals surface area contributed by atoms with E-state index < -0.39 is 0 Å². The Morgan fingerprint density at radius 2 is 2.08 bits per heavy atom. The summed E-state index contributed by atoms with van der Waals surface area (Å²) >= 11 is 0. The summed E-state index contributed by atoms with van der Waals surface area (Å²) in [6.07, 6.45) is 1.08. The molecule has 0 radical (unpaired) electrons. The predicted molar refractivity (Wildman–Crippen MR) is 56.5 cm³/mol. The molecular formula is C12H18O. The summed E-state index contributed by atoms with van der Waals surface area (Å²) in [7, 11) is 0. The molecule has 0 bridgehead atoms. The summed E-state index contributed by atoms with van der Waals surface area (Å²) in [6, 6.07) is 6.53. The maximum Gasteiger partial charge on any atom is 0.122 e. The highest BCUT2D eigenvalue weighted by Crippen LogP contribution is 2.28. The molecular weight excluding hydrogens is 160 g/mol. The van der Waals surface area contributed by atoms with Gasteiger partial charge in [0, 0.05) is 6.42 Å². The van der Waals surface area contributed by atoms with E-state index in [9.17, 15) is 0 Å². The average molecular weight is 178 g/mol. The SMILES string of the molecule is C.CC(C)c1ccc2c(c1)CCO2. The van der Waals surface area contributed by atoms with E-state index in [1.807, 2.05) is 0 Å². The molecule has 2 rings (SSSR count). The Bertz CT molecular complexity index is 289. The number of hydrogen-bond acceptors (Lipinski definition) is 1. The zero-order valence-corrected chi connectivity index (χ0v) is 7.63. The van der Waals surface area contributed by atoms with Crippen LogP contribution in [0, 0.1) is 0 Å². The third-order valence-corrected chi connectivity index (χ3v) is 2.38. The molecule has 1 aliphatic heterocycles. The molecule has 1 heteroatoms. The first kappa shape index (κ1) is 10.1. The summed E-state index contributed by atoms with van der Waals surface area (Å²) in [5.74, 6) is 1.70. The first-order chi connectivity index (χ1) is 5.77. The molecule has 0 saturated carbocycles. The van der Waals surface area contributed by atoms with Crippen LogP contribution in [0.5, 0.6) is 5.75 Å². The molecule has 0 unspecified atom stereocenters. The van der Waals surface area contributed by atoms with Crippen LogP contribution in [0.2, 0.25) is 0 Å². The minimum absolute atomic E-state index is 0. The van der Waals surface area contributed by atoms with Crippen LogP contribution in [0.4, 0.5) is 0 Å². The van der Waals surface area contributed by atoms with Crippen LogP contribution in [-0.4, -0.2) is 6.61 Å². The second kappa shape index (κ2) is 3.82. The Morgan fingerprint density at radius 3 is 2.77 bits per heavy atom. The van der Waals surface area contributed by atoms with Gasteiger partial charge in [0.2, 0.25) is 0 Å². The van der Waals surface area contributed by atoms with E-state index in [1.165, 1.54) is 11.1 Å². The Hall–Kier alpha value is -0.980. The van der Waals surface area contributed by atoms with Gasteiger partial charge in [0.15, 0.2) is 0 Å². The molecule has 0 N–H and O–H groups in total. The van der Waals surface area contributed by atoms with E-state index in [0.717, 1.165) is 18.8 Å². The van der Waals surface area contributed by atoms with Crippen molar-refractivity contribution in [3.63, 3.8) is 0 Å². The number of hydrogen-bond donors (Lipinski definition) is 0. The number of rotatable bonds is 1. The molecule has 0 aromatic heterocycles. The number of fused-ring (bicyclic) bond motifs is 1. The molecule has 0 fully saturated rings. The Labute approximate surface area is 80.7 Å². The lowest BCUT2D eigenvalue weighted by Crippen LogP contribution is -1.87. The monoisotopic (exact) mass is 178 g/mol. The van der Waals surface area contributed by atoms with Gasteiger partial charge < -0.3 is 4.74 Å². The van der Waals surface area contributed by atoms with Gasteiger partial charge in [-0.2, -0.15) is 0 Å². The summed E-state index contributed by atoms with van der Waals surface area (Å²) in [4.78, 5) is 0. The van der Waals surface area contributed by atoms with Crippen molar-refractivity contribution in [1.29, 1.82) is 0 Å². The quantitative estimate of drug-likeness (QED) is 0.640. The van der Waals surface area contributed by atoms with Crippen molar-refractivity contribution in [3.8, 4) is 5.75 Å². The highest BCUT2D eigenvalue weighted by Gasteiger charge is 2.12. The molecule has 0 aliphatic carbocycles. The standard InChI is InChI=1S/C11H14O.CH4/c1-8(2)9-3-4-11-10(7-9)5-6-12-11;/h3-4,7-8H,5-6H2,1-2H3;1H4. The fourth-order valence-electron chi connectivity index (χ4n) is 1.57. The van der Waals surface area contributed by atoms with Crippen LogP contribution in [0.3, 0.4) is 0 Å². The summed E-state index contributed by atoms with van der Waals surface area (Å²) < 4.78 is 5.43. The van der Waals surface area contributed by atoms with Crippen LogP contribution < -0.4 is 4.74 Å². The van der Waals surface area contributed by atoms with E-state index >= 15 is 0 Å². The smallest absolute Gasteiger partial charge is 0.122 e. The summed E-state index contributed by atoms with van der Waals surface area (Å²) in [6.45, 7) is 5.30. The van der Waals surface area contributed by atoms with Crippen LogP contribution in [0.1, 0.15) is 38.3 Å². The first-order valence-electron chi connectivity index (χ1n) is 4.53. The van der Waals surface area contributed by atoms with Crippen molar-refractivity contribution in [3.05, 3.63) is 29.3 Å². The normalized spacial score (nSPS) is 13.5. The van der Waals surface area contributed by atoms with Gasteiger partial charge in [-0.25, -0.2) is 0 Å². The lowest BCUT2D eigenvalue weighted by molar-refractivity contribution is 0.357. The molecule has 1 aromatic rings. The fourth-order valence-corrected chi connectivity index (χ4v) is 1.57. The molecule has 0 amide bonds. The fraction of sp³-hybridized carbons (Fsp3) is 0.500. The third kappa shape index (κ3) is 1.85. The molecule has 0 spiro atoms. The second-order valence-electron chi connectivity index (χ2n) is 3.62. The van der Waals surface area contributed by atoms with E-state index in [4.69, 9.17) is 4.74 Å². The Balaban J connectivity index is 0.000000845.